The minimum absolute atomic E-state index is 0.0332. The maximum absolute atomic E-state index is 13.7. The summed E-state index contributed by atoms with van der Waals surface area (Å²) >= 11 is 0. The van der Waals surface area contributed by atoms with Crippen LogP contribution in [0.4, 0.5) is 13.6 Å². The van der Waals surface area contributed by atoms with Crippen molar-refractivity contribution in [2.75, 3.05) is 0 Å². The molecule has 0 aliphatic carbocycles. The number of nitrogens with zero attached hydrogens (tertiary/aromatic N) is 2. The van der Waals surface area contributed by atoms with Crippen molar-refractivity contribution >= 4 is 6.09 Å². The average Bonchev–Trinajstić information content (AvgIpc) is 3.04. The molecule has 3 heterocycles. The Labute approximate surface area is 165 Å². The molecule has 2 aromatic heterocycles. The summed E-state index contributed by atoms with van der Waals surface area (Å²) in [6.07, 6.45) is 3.31. The van der Waals surface area contributed by atoms with Gasteiger partial charge in [0.25, 0.3) is 0 Å². The quantitative estimate of drug-likeness (QED) is 0.674. The van der Waals surface area contributed by atoms with Gasteiger partial charge in [0.2, 0.25) is 0 Å². The molecule has 1 aliphatic heterocycles. The van der Waals surface area contributed by atoms with E-state index in [0.717, 1.165) is 0 Å². The lowest BCUT2D eigenvalue weighted by Gasteiger charge is -2.29. The summed E-state index contributed by atoms with van der Waals surface area (Å²) in [5, 5.41) is 2.80. The third-order valence-corrected chi connectivity index (χ3v) is 4.71. The Balaban J connectivity index is 1.70. The second-order valence-corrected chi connectivity index (χ2v) is 6.71. The van der Waals surface area contributed by atoms with Crippen molar-refractivity contribution in [2.24, 2.45) is 0 Å². The van der Waals surface area contributed by atoms with Gasteiger partial charge in [-0.15, -0.1) is 0 Å². The lowest BCUT2D eigenvalue weighted by Crippen LogP contribution is -2.39. The Bertz CT molecular complexity index is 1140. The highest BCUT2D eigenvalue weighted by atomic mass is 19.1. The van der Waals surface area contributed by atoms with Crippen molar-refractivity contribution in [3.8, 4) is 11.8 Å². The van der Waals surface area contributed by atoms with E-state index < -0.39 is 23.6 Å². The van der Waals surface area contributed by atoms with Gasteiger partial charge in [0.1, 0.15) is 17.1 Å². The minimum Gasteiger partial charge on any atom is -0.438 e. The van der Waals surface area contributed by atoms with Gasteiger partial charge >= 0.3 is 6.09 Å². The number of halogens is 2. The van der Waals surface area contributed by atoms with Gasteiger partial charge in [0.15, 0.2) is 11.9 Å². The Morgan fingerprint density at radius 2 is 1.93 bits per heavy atom. The minimum atomic E-state index is -0.949. The number of carbonyl (C=O) groups is 1. The van der Waals surface area contributed by atoms with Crippen LogP contribution in [0.2, 0.25) is 0 Å². The lowest BCUT2D eigenvalue weighted by atomic mass is 9.84. The molecule has 1 aliphatic rings. The molecule has 1 fully saturated rings. The molecular weight excluding hydrogens is 376 g/mol. The van der Waals surface area contributed by atoms with Crippen LogP contribution in [-0.2, 0) is 10.3 Å². The van der Waals surface area contributed by atoms with E-state index in [1.807, 2.05) is 0 Å². The molecule has 29 heavy (non-hydrogen) atoms. The van der Waals surface area contributed by atoms with Gasteiger partial charge in [-0.25, -0.2) is 18.6 Å². The summed E-state index contributed by atoms with van der Waals surface area (Å²) in [7, 11) is 0. The third-order valence-electron chi connectivity index (χ3n) is 4.71. The first-order valence-electron chi connectivity index (χ1n) is 8.78. The zero-order valence-corrected chi connectivity index (χ0v) is 15.3. The number of rotatable bonds is 2. The van der Waals surface area contributed by atoms with E-state index in [1.165, 1.54) is 36.7 Å². The van der Waals surface area contributed by atoms with Crippen molar-refractivity contribution in [3.05, 3.63) is 95.1 Å². The highest BCUT2D eigenvalue weighted by Crippen LogP contribution is 2.41. The molecule has 0 saturated carbocycles. The molecule has 1 amide bonds. The average molecular weight is 391 g/mol. The monoisotopic (exact) mass is 391 g/mol. The van der Waals surface area contributed by atoms with Crippen LogP contribution in [0.5, 0.6) is 0 Å². The van der Waals surface area contributed by atoms with Gasteiger partial charge < -0.3 is 10.1 Å². The fourth-order valence-electron chi connectivity index (χ4n) is 3.20. The van der Waals surface area contributed by atoms with Crippen LogP contribution < -0.4 is 5.32 Å². The molecule has 0 bridgehead atoms. The zero-order valence-electron chi connectivity index (χ0n) is 15.3. The van der Waals surface area contributed by atoms with Crippen LogP contribution in [0, 0.1) is 23.5 Å². The predicted octanol–water partition coefficient (Wildman–Crippen LogP) is 3.85. The van der Waals surface area contributed by atoms with Gasteiger partial charge in [-0.3, -0.25) is 4.98 Å². The van der Waals surface area contributed by atoms with Crippen LogP contribution in [0.1, 0.15) is 35.4 Å². The Hall–Kier alpha value is -3.79. The van der Waals surface area contributed by atoms with E-state index >= 15 is 0 Å². The normalized spacial score (nSPS) is 20.4. The Kier molecular flexibility index (Phi) is 4.69. The first-order valence-corrected chi connectivity index (χ1v) is 8.78. The van der Waals surface area contributed by atoms with Gasteiger partial charge in [-0.05, 0) is 48.7 Å². The highest BCUT2D eigenvalue weighted by Gasteiger charge is 2.47. The van der Waals surface area contributed by atoms with Gasteiger partial charge in [-0.2, -0.15) is 0 Å². The molecule has 0 unspecified atom stereocenters. The van der Waals surface area contributed by atoms with E-state index in [4.69, 9.17) is 4.74 Å². The van der Waals surface area contributed by atoms with Crippen molar-refractivity contribution in [1.82, 2.24) is 15.3 Å². The number of ether oxygens (including phenoxy) is 1. The Morgan fingerprint density at radius 3 is 2.69 bits per heavy atom. The molecule has 2 atom stereocenters. The number of cyclic esters (lactones) is 1. The highest BCUT2D eigenvalue weighted by molar-refractivity contribution is 5.72. The fourth-order valence-corrected chi connectivity index (χ4v) is 3.20. The molecule has 1 aromatic carbocycles. The maximum atomic E-state index is 13.7. The van der Waals surface area contributed by atoms with E-state index in [0.29, 0.717) is 16.7 Å². The molecule has 144 valence electrons. The smallest absolute Gasteiger partial charge is 0.408 e. The molecule has 3 aromatic rings. The number of amides is 1. The largest absolute Gasteiger partial charge is 0.438 e. The Morgan fingerprint density at radius 1 is 1.14 bits per heavy atom. The van der Waals surface area contributed by atoms with Crippen molar-refractivity contribution < 1.29 is 18.3 Å². The lowest BCUT2D eigenvalue weighted by molar-refractivity contribution is 0.112. The summed E-state index contributed by atoms with van der Waals surface area (Å²) in [5.41, 5.74) is 0.888. The number of aromatic nitrogens is 2. The molecule has 0 radical (unpaired) electrons. The number of benzene rings is 1. The third kappa shape index (κ3) is 3.65. The summed E-state index contributed by atoms with van der Waals surface area (Å²) in [4.78, 5) is 20.1. The number of nitrogens with one attached hydrogen (secondary N) is 1. The van der Waals surface area contributed by atoms with Crippen LogP contribution >= 0.6 is 0 Å². The second-order valence-electron chi connectivity index (χ2n) is 6.71. The summed E-state index contributed by atoms with van der Waals surface area (Å²) in [5.74, 6) is 4.63. The molecule has 4 rings (SSSR count). The van der Waals surface area contributed by atoms with E-state index in [2.05, 4.69) is 27.1 Å². The molecular formula is C22H15F2N3O2. The van der Waals surface area contributed by atoms with Crippen molar-refractivity contribution in [2.45, 2.75) is 18.6 Å². The molecule has 0 spiro atoms. The zero-order chi connectivity index (χ0) is 20.4. The van der Waals surface area contributed by atoms with Crippen molar-refractivity contribution in [3.63, 3.8) is 0 Å². The topological polar surface area (TPSA) is 64.1 Å². The van der Waals surface area contributed by atoms with Crippen LogP contribution in [0.3, 0.4) is 0 Å². The molecule has 1 saturated heterocycles. The first-order chi connectivity index (χ1) is 14.0. The SMILES string of the molecule is C[C@]1(c2cncc(C#Cc3ncccc3F)c2)NC(=O)O[C@@H]1c1ccc(F)cc1. The molecule has 1 N–H and O–H groups in total. The number of alkyl carbamates (subject to hydrolysis) is 1. The van der Waals surface area contributed by atoms with Gasteiger partial charge in [-0.1, -0.05) is 18.1 Å². The predicted molar refractivity (Wildman–Crippen MR) is 101 cm³/mol. The summed E-state index contributed by atoms with van der Waals surface area (Å²) in [6.45, 7) is 1.79. The molecule has 7 heteroatoms. The van der Waals surface area contributed by atoms with E-state index in [1.54, 1.807) is 31.3 Å². The van der Waals surface area contributed by atoms with Gasteiger partial charge in [0, 0.05) is 29.7 Å². The van der Waals surface area contributed by atoms with Crippen LogP contribution in [0.15, 0.2) is 61.1 Å². The van der Waals surface area contributed by atoms with E-state index in [9.17, 15) is 13.6 Å². The van der Waals surface area contributed by atoms with Gasteiger partial charge in [0.05, 0.1) is 0 Å². The number of hydrogen-bond donors (Lipinski definition) is 1. The fraction of sp³-hybridized carbons (Fsp3) is 0.136. The number of pyridine rings is 2. The molecule has 5 nitrogen and oxygen atoms in total. The number of carbonyl (C=O) groups excluding carboxylic acids is 1. The second kappa shape index (κ2) is 7.32. The standard InChI is InChI=1S/C22H15F2N3O2/c1-22(20(29-21(28)27-22)15-5-7-17(23)8-6-15)16-11-14(12-25-13-16)4-9-19-18(24)3-2-10-26-19/h2-3,5-8,10-13,20H,1H3,(H,27,28)/t20-,22-/m1/s1. The van der Waals surface area contributed by atoms with Crippen LogP contribution in [-0.4, -0.2) is 16.1 Å². The summed E-state index contributed by atoms with van der Waals surface area (Å²) < 4.78 is 32.5. The van der Waals surface area contributed by atoms with Crippen LogP contribution in [0.25, 0.3) is 0 Å². The number of hydrogen-bond acceptors (Lipinski definition) is 4. The first kappa shape index (κ1) is 18.6. The van der Waals surface area contributed by atoms with E-state index in [-0.39, 0.29) is 11.5 Å². The summed E-state index contributed by atoms with van der Waals surface area (Å²) in [6, 6.07) is 10.3. The maximum Gasteiger partial charge on any atom is 0.408 e. The van der Waals surface area contributed by atoms with Crippen molar-refractivity contribution in [1.29, 1.82) is 0 Å².